The third-order valence-corrected chi connectivity index (χ3v) is 3.56. The first-order chi connectivity index (χ1) is 11.2. The summed E-state index contributed by atoms with van der Waals surface area (Å²) >= 11 is 0. The van der Waals surface area contributed by atoms with Gasteiger partial charge >= 0.3 is 0 Å². The number of rotatable bonds is 8. The van der Waals surface area contributed by atoms with Gasteiger partial charge < -0.3 is 14.8 Å². The highest BCUT2D eigenvalue weighted by Crippen LogP contribution is 2.13. The van der Waals surface area contributed by atoms with Crippen molar-refractivity contribution in [2.24, 2.45) is 0 Å². The SMILES string of the molecule is CC[C@@H](Oc1ccccc1)C(=O)NCCc1ccc(OC)cc1. The quantitative estimate of drug-likeness (QED) is 0.814. The molecule has 1 amide bonds. The second kappa shape index (κ2) is 8.83. The molecule has 0 saturated heterocycles. The van der Waals surface area contributed by atoms with Gasteiger partial charge in [-0.2, -0.15) is 0 Å². The summed E-state index contributed by atoms with van der Waals surface area (Å²) in [5.41, 5.74) is 1.16. The van der Waals surface area contributed by atoms with Gasteiger partial charge in [-0.05, 0) is 42.7 Å². The zero-order valence-electron chi connectivity index (χ0n) is 13.6. The largest absolute Gasteiger partial charge is 0.497 e. The molecule has 0 radical (unpaired) electrons. The lowest BCUT2D eigenvalue weighted by atomic mass is 10.1. The van der Waals surface area contributed by atoms with E-state index in [1.165, 1.54) is 0 Å². The molecule has 0 spiro atoms. The Morgan fingerprint density at radius 2 is 1.74 bits per heavy atom. The number of carbonyl (C=O) groups excluding carboxylic acids is 1. The Morgan fingerprint density at radius 1 is 1.04 bits per heavy atom. The van der Waals surface area contributed by atoms with Crippen LogP contribution in [0.15, 0.2) is 54.6 Å². The van der Waals surface area contributed by atoms with Crippen LogP contribution >= 0.6 is 0 Å². The number of carbonyl (C=O) groups is 1. The van der Waals surface area contributed by atoms with E-state index in [1.807, 2.05) is 61.5 Å². The van der Waals surface area contributed by atoms with E-state index < -0.39 is 6.10 Å². The van der Waals surface area contributed by atoms with Crippen molar-refractivity contribution in [3.05, 3.63) is 60.2 Å². The smallest absolute Gasteiger partial charge is 0.261 e. The highest BCUT2D eigenvalue weighted by Gasteiger charge is 2.17. The number of methoxy groups -OCH3 is 1. The molecular formula is C19H23NO3. The molecule has 0 aliphatic rings. The van der Waals surface area contributed by atoms with Gasteiger partial charge in [0, 0.05) is 6.54 Å². The van der Waals surface area contributed by atoms with Crippen molar-refractivity contribution in [2.45, 2.75) is 25.9 Å². The molecule has 0 aliphatic heterocycles. The van der Waals surface area contributed by atoms with Crippen LogP contribution in [0.5, 0.6) is 11.5 Å². The molecule has 0 unspecified atom stereocenters. The predicted octanol–water partition coefficient (Wildman–Crippen LogP) is 3.21. The molecular weight excluding hydrogens is 290 g/mol. The lowest BCUT2D eigenvalue weighted by molar-refractivity contribution is -0.128. The second-order valence-electron chi connectivity index (χ2n) is 5.22. The monoisotopic (exact) mass is 313 g/mol. The van der Waals surface area contributed by atoms with E-state index in [0.717, 1.165) is 17.7 Å². The van der Waals surface area contributed by atoms with E-state index >= 15 is 0 Å². The van der Waals surface area contributed by atoms with Gasteiger partial charge in [-0.3, -0.25) is 4.79 Å². The molecule has 1 N–H and O–H groups in total. The lowest BCUT2D eigenvalue weighted by Crippen LogP contribution is -2.38. The molecule has 0 aliphatic carbocycles. The maximum absolute atomic E-state index is 12.2. The number of para-hydroxylation sites is 1. The van der Waals surface area contributed by atoms with E-state index in [2.05, 4.69) is 5.32 Å². The fourth-order valence-corrected chi connectivity index (χ4v) is 2.22. The molecule has 23 heavy (non-hydrogen) atoms. The van der Waals surface area contributed by atoms with Crippen LogP contribution in [-0.2, 0) is 11.2 Å². The summed E-state index contributed by atoms with van der Waals surface area (Å²) < 4.78 is 10.9. The highest BCUT2D eigenvalue weighted by atomic mass is 16.5. The zero-order chi connectivity index (χ0) is 16.5. The molecule has 122 valence electrons. The average Bonchev–Trinajstić information content (AvgIpc) is 2.61. The van der Waals surface area contributed by atoms with Gasteiger partial charge in [0.1, 0.15) is 11.5 Å². The molecule has 0 saturated carbocycles. The summed E-state index contributed by atoms with van der Waals surface area (Å²) in [7, 11) is 1.65. The first-order valence-corrected chi connectivity index (χ1v) is 7.85. The molecule has 1 atom stereocenters. The summed E-state index contributed by atoms with van der Waals surface area (Å²) in [6.45, 7) is 2.52. The summed E-state index contributed by atoms with van der Waals surface area (Å²) in [6.07, 6.45) is 0.939. The van der Waals surface area contributed by atoms with Crippen LogP contribution in [-0.4, -0.2) is 25.7 Å². The second-order valence-corrected chi connectivity index (χ2v) is 5.22. The summed E-state index contributed by atoms with van der Waals surface area (Å²) in [4.78, 5) is 12.2. The Kier molecular flexibility index (Phi) is 6.48. The van der Waals surface area contributed by atoms with Crippen LogP contribution in [0, 0.1) is 0 Å². The Balaban J connectivity index is 1.80. The molecule has 4 nitrogen and oxygen atoms in total. The van der Waals surface area contributed by atoms with Crippen molar-refractivity contribution in [2.75, 3.05) is 13.7 Å². The van der Waals surface area contributed by atoms with Gasteiger partial charge in [0.05, 0.1) is 7.11 Å². The summed E-state index contributed by atoms with van der Waals surface area (Å²) in [6, 6.07) is 17.3. The minimum Gasteiger partial charge on any atom is -0.497 e. The van der Waals surface area contributed by atoms with Crippen molar-refractivity contribution < 1.29 is 14.3 Å². The molecule has 0 heterocycles. The molecule has 0 aromatic heterocycles. The maximum Gasteiger partial charge on any atom is 0.261 e. The van der Waals surface area contributed by atoms with Gasteiger partial charge in [0.15, 0.2) is 6.10 Å². The fraction of sp³-hybridized carbons (Fsp3) is 0.316. The predicted molar refractivity (Wildman–Crippen MR) is 90.9 cm³/mol. The number of amides is 1. The Hall–Kier alpha value is -2.49. The van der Waals surface area contributed by atoms with Gasteiger partial charge in [-0.1, -0.05) is 37.3 Å². The van der Waals surface area contributed by atoms with Gasteiger partial charge in [-0.15, -0.1) is 0 Å². The van der Waals surface area contributed by atoms with E-state index in [4.69, 9.17) is 9.47 Å². The lowest BCUT2D eigenvalue weighted by Gasteiger charge is -2.17. The maximum atomic E-state index is 12.2. The molecule has 0 bridgehead atoms. The molecule has 0 fully saturated rings. The fourth-order valence-electron chi connectivity index (χ4n) is 2.22. The number of hydrogen-bond donors (Lipinski definition) is 1. The van der Waals surface area contributed by atoms with Gasteiger partial charge in [-0.25, -0.2) is 0 Å². The topological polar surface area (TPSA) is 47.6 Å². The number of nitrogens with one attached hydrogen (secondary N) is 1. The standard InChI is InChI=1S/C19H23NO3/c1-3-18(23-17-7-5-4-6-8-17)19(21)20-14-13-15-9-11-16(22-2)12-10-15/h4-12,18H,3,13-14H2,1-2H3,(H,20,21)/t18-/m1/s1. The van der Waals surface area contributed by atoms with Crippen LogP contribution in [0.4, 0.5) is 0 Å². The van der Waals surface area contributed by atoms with Crippen molar-refractivity contribution in [1.82, 2.24) is 5.32 Å². The third-order valence-electron chi connectivity index (χ3n) is 3.56. The Labute approximate surface area is 137 Å². The van der Waals surface area contributed by atoms with E-state index in [0.29, 0.717) is 18.7 Å². The Bertz CT molecular complexity index is 596. The molecule has 2 aromatic rings. The zero-order valence-corrected chi connectivity index (χ0v) is 13.6. The third kappa shape index (κ3) is 5.33. The van der Waals surface area contributed by atoms with E-state index in [1.54, 1.807) is 7.11 Å². The average molecular weight is 313 g/mol. The van der Waals surface area contributed by atoms with Crippen molar-refractivity contribution in [3.63, 3.8) is 0 Å². The van der Waals surface area contributed by atoms with Crippen LogP contribution in [0.25, 0.3) is 0 Å². The summed E-state index contributed by atoms with van der Waals surface area (Å²) in [5.74, 6) is 1.47. The van der Waals surface area contributed by atoms with Gasteiger partial charge in [0.25, 0.3) is 5.91 Å². The van der Waals surface area contributed by atoms with Crippen LogP contribution < -0.4 is 14.8 Å². The Morgan fingerprint density at radius 3 is 2.35 bits per heavy atom. The molecule has 4 heteroatoms. The first kappa shape index (κ1) is 16.9. The molecule has 2 rings (SSSR count). The van der Waals surface area contributed by atoms with Crippen molar-refractivity contribution in [1.29, 1.82) is 0 Å². The van der Waals surface area contributed by atoms with Crippen molar-refractivity contribution >= 4 is 5.91 Å². The van der Waals surface area contributed by atoms with Crippen LogP contribution in [0.2, 0.25) is 0 Å². The van der Waals surface area contributed by atoms with Crippen LogP contribution in [0.3, 0.4) is 0 Å². The van der Waals surface area contributed by atoms with Gasteiger partial charge in [0.2, 0.25) is 0 Å². The van der Waals surface area contributed by atoms with E-state index in [-0.39, 0.29) is 5.91 Å². The number of hydrogen-bond acceptors (Lipinski definition) is 3. The summed E-state index contributed by atoms with van der Waals surface area (Å²) in [5, 5.41) is 2.94. The minimum absolute atomic E-state index is 0.0788. The molecule has 2 aromatic carbocycles. The normalized spacial score (nSPS) is 11.6. The van der Waals surface area contributed by atoms with Crippen molar-refractivity contribution in [3.8, 4) is 11.5 Å². The first-order valence-electron chi connectivity index (χ1n) is 7.85. The highest BCUT2D eigenvalue weighted by molar-refractivity contribution is 5.81. The minimum atomic E-state index is -0.465. The number of benzene rings is 2. The van der Waals surface area contributed by atoms with Crippen LogP contribution in [0.1, 0.15) is 18.9 Å². The van der Waals surface area contributed by atoms with E-state index in [9.17, 15) is 4.79 Å². The number of ether oxygens (including phenoxy) is 2.